The molecule has 0 aromatic carbocycles. The molecule has 0 aromatic rings. The molecular formula is C32H71NO3Si2. The molecule has 2 rings (SSSR count). The fraction of sp³-hybridized carbons (Fsp3) is 0.969. The highest BCUT2D eigenvalue weighted by molar-refractivity contribution is 6.74. The van der Waals surface area contributed by atoms with Gasteiger partial charge in [0.1, 0.15) is 6.29 Å². The minimum absolute atomic E-state index is 0.296. The SMILES string of the molecule is CC.CC.CC(C)(C)[Si](C)(C)OCC1CCCC(CC=O)C1.CC(C)(C)[Si](C)(C)OCC1CCCC(N)C1. The van der Waals surface area contributed by atoms with Crippen LogP contribution in [-0.2, 0) is 13.6 Å². The molecule has 0 radical (unpaired) electrons. The van der Waals surface area contributed by atoms with Crippen molar-refractivity contribution in [3.8, 4) is 0 Å². The summed E-state index contributed by atoms with van der Waals surface area (Å²) in [5.41, 5.74) is 6.01. The molecular weight excluding hydrogens is 503 g/mol. The Labute approximate surface area is 242 Å². The lowest BCUT2D eigenvalue weighted by atomic mass is 9.80. The second-order valence-corrected chi connectivity index (χ2v) is 23.9. The maximum atomic E-state index is 10.6. The molecule has 2 aliphatic rings. The Morgan fingerprint density at radius 3 is 1.42 bits per heavy atom. The predicted molar refractivity (Wildman–Crippen MR) is 175 cm³/mol. The number of nitrogens with two attached hydrogens (primary N) is 1. The van der Waals surface area contributed by atoms with Crippen molar-refractivity contribution in [1.82, 2.24) is 0 Å². The number of aldehydes is 1. The zero-order valence-electron chi connectivity index (χ0n) is 28.5. The normalized spacial score (nSPS) is 24.5. The van der Waals surface area contributed by atoms with Gasteiger partial charge < -0.3 is 19.4 Å². The number of hydrogen-bond donors (Lipinski definition) is 1. The lowest BCUT2D eigenvalue weighted by Crippen LogP contribution is -2.42. The van der Waals surface area contributed by atoms with Crippen molar-refractivity contribution in [2.24, 2.45) is 23.5 Å². The fourth-order valence-electron chi connectivity index (χ4n) is 4.47. The summed E-state index contributed by atoms with van der Waals surface area (Å²) in [7, 11) is -3.15. The van der Waals surface area contributed by atoms with Crippen molar-refractivity contribution in [3.05, 3.63) is 0 Å². The van der Waals surface area contributed by atoms with Crippen molar-refractivity contribution in [2.45, 2.75) is 169 Å². The van der Waals surface area contributed by atoms with Gasteiger partial charge in [-0.1, -0.05) is 88.5 Å². The molecule has 6 heteroatoms. The van der Waals surface area contributed by atoms with Crippen LogP contribution in [0.25, 0.3) is 0 Å². The molecule has 0 saturated heterocycles. The van der Waals surface area contributed by atoms with Gasteiger partial charge in [-0.2, -0.15) is 0 Å². The molecule has 4 unspecified atom stereocenters. The highest BCUT2D eigenvalue weighted by Crippen LogP contribution is 2.39. The van der Waals surface area contributed by atoms with Crippen LogP contribution >= 0.6 is 0 Å². The third-order valence-electron chi connectivity index (χ3n) is 9.12. The summed E-state index contributed by atoms with van der Waals surface area (Å²) in [6, 6.07) is 0.418. The molecule has 2 aliphatic carbocycles. The largest absolute Gasteiger partial charge is 0.417 e. The van der Waals surface area contributed by atoms with Gasteiger partial charge in [0.25, 0.3) is 0 Å². The molecule has 2 N–H and O–H groups in total. The minimum atomic E-state index is -1.60. The molecule has 2 fully saturated rings. The number of hydrogen-bond acceptors (Lipinski definition) is 4. The number of rotatable bonds is 8. The van der Waals surface area contributed by atoms with Gasteiger partial charge in [0.15, 0.2) is 16.6 Å². The Morgan fingerprint density at radius 2 is 1.05 bits per heavy atom. The van der Waals surface area contributed by atoms with Crippen LogP contribution in [0.15, 0.2) is 0 Å². The van der Waals surface area contributed by atoms with Gasteiger partial charge in [0, 0.05) is 25.7 Å². The summed E-state index contributed by atoms with van der Waals surface area (Å²) in [6.45, 7) is 32.9. The summed E-state index contributed by atoms with van der Waals surface area (Å²) in [5, 5.41) is 0.619. The van der Waals surface area contributed by atoms with E-state index in [1.54, 1.807) is 0 Å². The Kier molecular flexibility index (Phi) is 20.2. The standard InChI is InChI=1S/C15H30O2Si.C13H29NOSi.2C2H6/c1-15(2,3)18(4,5)17-12-14-8-6-7-13(11-14)9-10-16;1-13(2,3)16(4,5)15-10-11-7-6-8-12(14)9-11;2*1-2/h10,13-14H,6-9,11-12H2,1-5H3;11-12H,6-10,14H2,1-5H3;2*1-2H3. The van der Waals surface area contributed by atoms with Crippen molar-refractivity contribution in [1.29, 1.82) is 0 Å². The monoisotopic (exact) mass is 573 g/mol. The first-order valence-electron chi connectivity index (χ1n) is 16.0. The second-order valence-electron chi connectivity index (χ2n) is 14.2. The van der Waals surface area contributed by atoms with Crippen LogP contribution in [-0.4, -0.2) is 42.2 Å². The van der Waals surface area contributed by atoms with Gasteiger partial charge >= 0.3 is 0 Å². The summed E-state index contributed by atoms with van der Waals surface area (Å²) in [5.74, 6) is 2.00. The van der Waals surface area contributed by atoms with Crippen molar-refractivity contribution >= 4 is 22.9 Å². The van der Waals surface area contributed by atoms with Crippen molar-refractivity contribution < 1.29 is 13.6 Å². The van der Waals surface area contributed by atoms with Gasteiger partial charge in [-0.05, 0) is 86.1 Å². The molecule has 0 aromatic heterocycles. The molecule has 0 aliphatic heterocycles. The average Bonchev–Trinajstić information content (AvgIpc) is 2.84. The average molecular weight is 574 g/mol. The Morgan fingerprint density at radius 1 is 0.684 bits per heavy atom. The maximum Gasteiger partial charge on any atom is 0.191 e. The van der Waals surface area contributed by atoms with E-state index in [0.29, 0.717) is 33.9 Å². The molecule has 0 amide bonds. The van der Waals surface area contributed by atoms with Gasteiger partial charge in [-0.3, -0.25) is 0 Å². The summed E-state index contributed by atoms with van der Waals surface area (Å²) in [6.07, 6.45) is 11.8. The van der Waals surface area contributed by atoms with E-state index in [9.17, 15) is 4.79 Å². The maximum absolute atomic E-state index is 10.6. The van der Waals surface area contributed by atoms with Crippen molar-refractivity contribution in [3.63, 3.8) is 0 Å². The highest BCUT2D eigenvalue weighted by Gasteiger charge is 2.38. The zero-order chi connectivity index (χ0) is 30.2. The van der Waals surface area contributed by atoms with E-state index >= 15 is 0 Å². The Bertz CT molecular complexity index is 596. The van der Waals surface area contributed by atoms with E-state index in [0.717, 1.165) is 32.3 Å². The van der Waals surface area contributed by atoms with Crippen LogP contribution in [0.5, 0.6) is 0 Å². The van der Waals surface area contributed by atoms with Gasteiger partial charge in [0.2, 0.25) is 0 Å². The van der Waals surface area contributed by atoms with Crippen LogP contribution in [0, 0.1) is 17.8 Å². The van der Waals surface area contributed by atoms with E-state index in [1.165, 1.54) is 44.9 Å². The molecule has 4 atom stereocenters. The van der Waals surface area contributed by atoms with Crippen LogP contribution in [0.2, 0.25) is 36.3 Å². The molecule has 4 nitrogen and oxygen atoms in total. The molecule has 0 spiro atoms. The Balaban J connectivity index is 0. The lowest BCUT2D eigenvalue weighted by Gasteiger charge is -2.38. The highest BCUT2D eigenvalue weighted by atomic mass is 28.4. The first-order valence-corrected chi connectivity index (χ1v) is 21.8. The zero-order valence-corrected chi connectivity index (χ0v) is 30.5. The number of carbonyl (C=O) groups is 1. The molecule has 0 heterocycles. The molecule has 230 valence electrons. The first-order chi connectivity index (χ1) is 17.5. The second kappa shape index (κ2) is 19.2. The number of carbonyl (C=O) groups excluding carboxylic acids is 1. The van der Waals surface area contributed by atoms with Crippen molar-refractivity contribution in [2.75, 3.05) is 13.2 Å². The molecule has 2 saturated carbocycles. The third-order valence-corrected chi connectivity index (χ3v) is 18.1. The smallest absolute Gasteiger partial charge is 0.191 e. The van der Waals surface area contributed by atoms with Gasteiger partial charge in [0.05, 0.1) is 0 Å². The summed E-state index contributed by atoms with van der Waals surface area (Å²) in [4.78, 5) is 10.6. The molecule has 0 bridgehead atoms. The van der Waals surface area contributed by atoms with E-state index in [4.69, 9.17) is 14.6 Å². The fourth-order valence-corrected chi connectivity index (χ4v) is 6.64. The van der Waals surface area contributed by atoms with Gasteiger partial charge in [-0.25, -0.2) is 0 Å². The van der Waals surface area contributed by atoms with Crippen LogP contribution < -0.4 is 5.73 Å². The van der Waals surface area contributed by atoms with Crippen LogP contribution in [0.3, 0.4) is 0 Å². The van der Waals surface area contributed by atoms with Crippen LogP contribution in [0.4, 0.5) is 0 Å². The quantitative estimate of drug-likeness (QED) is 0.232. The van der Waals surface area contributed by atoms with E-state index in [-0.39, 0.29) is 0 Å². The predicted octanol–water partition coefficient (Wildman–Crippen LogP) is 9.98. The minimum Gasteiger partial charge on any atom is -0.417 e. The third kappa shape index (κ3) is 15.7. The lowest BCUT2D eigenvalue weighted by molar-refractivity contribution is -0.109. The topological polar surface area (TPSA) is 61.5 Å². The summed E-state index contributed by atoms with van der Waals surface area (Å²) < 4.78 is 12.6. The van der Waals surface area contributed by atoms with E-state index in [2.05, 4.69) is 67.7 Å². The van der Waals surface area contributed by atoms with E-state index in [1.807, 2.05) is 27.7 Å². The molecule has 38 heavy (non-hydrogen) atoms. The first kappa shape index (κ1) is 40.1. The van der Waals surface area contributed by atoms with Gasteiger partial charge in [-0.15, -0.1) is 0 Å². The Hall–Kier alpha value is -0.0162. The van der Waals surface area contributed by atoms with Crippen LogP contribution in [0.1, 0.15) is 127 Å². The summed E-state index contributed by atoms with van der Waals surface area (Å²) >= 11 is 0. The van der Waals surface area contributed by atoms with E-state index < -0.39 is 16.6 Å².